The zero-order valence-electron chi connectivity index (χ0n) is 26.8. The predicted octanol–water partition coefficient (Wildman–Crippen LogP) is 3.71. The topological polar surface area (TPSA) is 150 Å². The van der Waals surface area contributed by atoms with Gasteiger partial charge in [0.1, 0.15) is 29.3 Å². The number of methoxy groups -OCH3 is 2. The number of nitrogens with one attached hydrogen (secondary N) is 2. The molecule has 4 aromatic rings. The Bertz CT molecular complexity index is 1720. The van der Waals surface area contributed by atoms with Crippen LogP contribution in [0.25, 0.3) is 0 Å². The standard InChI is InChI=1S/C35H39N3O9/c1-34(2,3)37-33(42)47-30-29(40)27(46-31(30)38-20-19-28(39)36-32(38)41)21-45-35(22-9-7-6-8-10-22,23-11-15-25(43-4)16-12-23)24-13-17-26(44-5)18-14-24/h6-20,27,29-31,40H,21H2,1-5H3,(H,37,42)(H,36,39,41)/t27-,29-,30-,31-/m1/s1. The monoisotopic (exact) mass is 645 g/mol. The van der Waals surface area contributed by atoms with Gasteiger partial charge in [0, 0.05) is 17.8 Å². The van der Waals surface area contributed by atoms with Gasteiger partial charge in [0.15, 0.2) is 12.3 Å². The average molecular weight is 646 g/mol. The molecular formula is C35H39N3O9. The van der Waals surface area contributed by atoms with Gasteiger partial charge in [-0.05, 0) is 61.7 Å². The fraction of sp³-hybridized carbons (Fsp3) is 0.343. The first-order chi connectivity index (χ1) is 22.4. The lowest BCUT2D eigenvalue weighted by Crippen LogP contribution is -2.46. The first-order valence-corrected chi connectivity index (χ1v) is 15.1. The molecule has 0 bridgehead atoms. The molecule has 0 saturated carbocycles. The van der Waals surface area contributed by atoms with Gasteiger partial charge in [-0.2, -0.15) is 0 Å². The molecule has 0 aliphatic carbocycles. The van der Waals surface area contributed by atoms with Crippen LogP contribution in [0.5, 0.6) is 11.5 Å². The van der Waals surface area contributed by atoms with Crippen molar-refractivity contribution in [3.05, 3.63) is 129 Å². The predicted molar refractivity (Wildman–Crippen MR) is 173 cm³/mol. The lowest BCUT2D eigenvalue weighted by molar-refractivity contribution is -0.0960. The van der Waals surface area contributed by atoms with Crippen molar-refractivity contribution in [3.8, 4) is 11.5 Å². The number of carbonyl (C=O) groups excluding carboxylic acids is 1. The Labute approximate surface area is 271 Å². The SMILES string of the molecule is COc1ccc(C(OC[C@H]2O[C@@H](n3ccc(=O)[nH]c3=O)[C@H](OC(=O)NC(C)(C)C)[C@@H]2O)(c2ccccc2)c2ccc(OC)cc2)cc1. The second kappa shape index (κ2) is 13.8. The zero-order chi connectivity index (χ0) is 33.8. The van der Waals surface area contributed by atoms with E-state index in [0.29, 0.717) is 11.5 Å². The van der Waals surface area contributed by atoms with Gasteiger partial charge in [0.05, 0.1) is 20.8 Å². The van der Waals surface area contributed by atoms with Crippen LogP contribution in [0.2, 0.25) is 0 Å². The molecule has 12 heteroatoms. The number of aliphatic hydroxyl groups excluding tert-OH is 1. The zero-order valence-corrected chi connectivity index (χ0v) is 26.8. The van der Waals surface area contributed by atoms with E-state index in [1.54, 1.807) is 35.0 Å². The summed E-state index contributed by atoms with van der Waals surface area (Å²) in [7, 11) is 3.17. The van der Waals surface area contributed by atoms with E-state index in [1.165, 1.54) is 6.20 Å². The highest BCUT2D eigenvalue weighted by Crippen LogP contribution is 2.43. The Morgan fingerprint density at radius 3 is 1.94 bits per heavy atom. The summed E-state index contributed by atoms with van der Waals surface area (Å²) in [6.07, 6.45) is -4.70. The number of nitrogens with zero attached hydrogens (tertiary/aromatic N) is 1. The Hall–Kier alpha value is -4.91. The Kier molecular flexibility index (Phi) is 9.85. The van der Waals surface area contributed by atoms with Crippen molar-refractivity contribution in [2.24, 2.45) is 0 Å². The molecule has 1 amide bonds. The highest BCUT2D eigenvalue weighted by Gasteiger charge is 2.49. The first-order valence-electron chi connectivity index (χ1n) is 15.1. The van der Waals surface area contributed by atoms with E-state index in [2.05, 4.69) is 10.3 Å². The third-order valence-electron chi connectivity index (χ3n) is 7.80. The normalized spacial score (nSPS) is 19.6. The molecule has 0 unspecified atom stereocenters. The molecule has 5 rings (SSSR count). The summed E-state index contributed by atoms with van der Waals surface area (Å²) < 4.78 is 30.7. The van der Waals surface area contributed by atoms with Crippen molar-refractivity contribution in [3.63, 3.8) is 0 Å². The maximum Gasteiger partial charge on any atom is 0.408 e. The molecule has 4 atom stereocenters. The van der Waals surface area contributed by atoms with Crippen LogP contribution in [0, 0.1) is 0 Å². The van der Waals surface area contributed by atoms with Gasteiger partial charge < -0.3 is 34.1 Å². The molecule has 1 saturated heterocycles. The summed E-state index contributed by atoms with van der Waals surface area (Å²) in [6.45, 7) is 5.12. The summed E-state index contributed by atoms with van der Waals surface area (Å²) >= 11 is 0. The number of alkyl carbamates (subject to hydrolysis) is 1. The minimum atomic E-state index is -1.43. The molecule has 1 aliphatic heterocycles. The number of rotatable bonds is 10. The number of carbonyl (C=O) groups is 1. The number of H-pyrrole nitrogens is 1. The fourth-order valence-electron chi connectivity index (χ4n) is 5.58. The van der Waals surface area contributed by atoms with Crippen molar-refractivity contribution in [2.75, 3.05) is 20.8 Å². The van der Waals surface area contributed by atoms with E-state index < -0.39 is 53.0 Å². The number of hydrogen-bond donors (Lipinski definition) is 3. The number of ether oxygens (including phenoxy) is 5. The highest BCUT2D eigenvalue weighted by molar-refractivity contribution is 5.68. The minimum Gasteiger partial charge on any atom is -0.497 e. The van der Waals surface area contributed by atoms with Crippen LogP contribution in [0.4, 0.5) is 4.79 Å². The molecule has 1 fully saturated rings. The highest BCUT2D eigenvalue weighted by atomic mass is 16.6. The third-order valence-corrected chi connectivity index (χ3v) is 7.80. The molecule has 2 heterocycles. The van der Waals surface area contributed by atoms with Crippen LogP contribution < -0.4 is 26.0 Å². The van der Waals surface area contributed by atoms with Crippen LogP contribution in [0.15, 0.2) is 101 Å². The molecule has 248 valence electrons. The summed E-state index contributed by atoms with van der Waals surface area (Å²) in [5, 5.41) is 14.3. The van der Waals surface area contributed by atoms with Gasteiger partial charge in [0.2, 0.25) is 0 Å². The van der Waals surface area contributed by atoms with Crippen LogP contribution in [0.1, 0.15) is 43.7 Å². The number of aliphatic hydroxyl groups is 1. The van der Waals surface area contributed by atoms with E-state index >= 15 is 0 Å². The Balaban J connectivity index is 1.56. The van der Waals surface area contributed by atoms with E-state index in [9.17, 15) is 19.5 Å². The molecule has 12 nitrogen and oxygen atoms in total. The number of aromatic nitrogens is 2. The van der Waals surface area contributed by atoms with E-state index in [1.807, 2.05) is 78.9 Å². The Morgan fingerprint density at radius 1 is 0.872 bits per heavy atom. The number of aromatic amines is 1. The van der Waals surface area contributed by atoms with Crippen molar-refractivity contribution in [2.45, 2.75) is 56.5 Å². The van der Waals surface area contributed by atoms with Crippen LogP contribution in [-0.4, -0.2) is 65.4 Å². The molecule has 47 heavy (non-hydrogen) atoms. The lowest BCUT2D eigenvalue weighted by Gasteiger charge is -2.37. The molecule has 3 N–H and O–H groups in total. The summed E-state index contributed by atoms with van der Waals surface area (Å²) in [5.74, 6) is 1.31. The smallest absolute Gasteiger partial charge is 0.408 e. The lowest BCUT2D eigenvalue weighted by atomic mass is 9.80. The van der Waals surface area contributed by atoms with Crippen molar-refractivity contribution in [1.82, 2.24) is 14.9 Å². The largest absolute Gasteiger partial charge is 0.497 e. The average Bonchev–Trinajstić information content (AvgIpc) is 3.35. The third kappa shape index (κ3) is 7.25. The second-order valence-electron chi connectivity index (χ2n) is 12.1. The van der Waals surface area contributed by atoms with Gasteiger partial charge >= 0.3 is 11.8 Å². The quantitative estimate of drug-likeness (QED) is 0.219. The Morgan fingerprint density at radius 2 is 1.43 bits per heavy atom. The van der Waals surface area contributed by atoms with E-state index in [0.717, 1.165) is 27.3 Å². The van der Waals surface area contributed by atoms with Crippen molar-refractivity contribution >= 4 is 6.09 Å². The number of hydrogen-bond acceptors (Lipinski definition) is 9. The molecule has 1 aliphatic rings. The second-order valence-corrected chi connectivity index (χ2v) is 12.1. The maximum absolute atomic E-state index is 12.9. The number of benzene rings is 3. The van der Waals surface area contributed by atoms with Gasteiger partial charge in [-0.1, -0.05) is 54.6 Å². The summed E-state index contributed by atoms with van der Waals surface area (Å²) in [5.41, 5.74) is -0.972. The maximum atomic E-state index is 12.9. The van der Waals surface area contributed by atoms with Gasteiger partial charge in [-0.3, -0.25) is 14.3 Å². The van der Waals surface area contributed by atoms with Crippen LogP contribution in [0.3, 0.4) is 0 Å². The first kappa shape index (κ1) is 33.5. The van der Waals surface area contributed by atoms with Gasteiger partial charge in [0.25, 0.3) is 5.56 Å². The van der Waals surface area contributed by atoms with Crippen LogP contribution in [-0.2, 0) is 19.8 Å². The molecular weight excluding hydrogens is 606 g/mol. The summed E-state index contributed by atoms with van der Waals surface area (Å²) in [6, 6.07) is 25.6. The molecule has 3 aromatic carbocycles. The van der Waals surface area contributed by atoms with Gasteiger partial charge in [-0.25, -0.2) is 9.59 Å². The molecule has 0 spiro atoms. The molecule has 0 radical (unpaired) electrons. The fourth-order valence-corrected chi connectivity index (χ4v) is 5.58. The minimum absolute atomic E-state index is 0.205. The van der Waals surface area contributed by atoms with E-state index in [-0.39, 0.29) is 6.61 Å². The van der Waals surface area contributed by atoms with Crippen molar-refractivity contribution in [1.29, 1.82) is 0 Å². The number of amides is 1. The van der Waals surface area contributed by atoms with Gasteiger partial charge in [-0.15, -0.1) is 0 Å². The van der Waals surface area contributed by atoms with E-state index in [4.69, 9.17) is 23.7 Å². The van der Waals surface area contributed by atoms with Crippen LogP contribution >= 0.6 is 0 Å². The molecule has 1 aromatic heterocycles. The summed E-state index contributed by atoms with van der Waals surface area (Å²) in [4.78, 5) is 39.7. The van der Waals surface area contributed by atoms with Crippen molar-refractivity contribution < 1.29 is 33.6 Å².